The Morgan fingerprint density at radius 3 is 2.37 bits per heavy atom. The van der Waals surface area contributed by atoms with Crippen LogP contribution < -0.4 is 5.73 Å². The summed E-state index contributed by atoms with van der Waals surface area (Å²) in [4.78, 5) is 0. The zero-order valence-electron chi connectivity index (χ0n) is 11.3. The van der Waals surface area contributed by atoms with Crippen molar-refractivity contribution in [3.05, 3.63) is 83.9 Å². The van der Waals surface area contributed by atoms with Gasteiger partial charge in [-0.2, -0.15) is 0 Å². The van der Waals surface area contributed by atoms with Crippen LogP contribution in [-0.2, 0) is 12.8 Å². The number of hydrogen-bond acceptors (Lipinski definition) is 1. The lowest BCUT2D eigenvalue weighted by Gasteiger charge is -2.15. The quantitative estimate of drug-likeness (QED) is 0.770. The van der Waals surface area contributed by atoms with Gasteiger partial charge in [-0.05, 0) is 36.0 Å². The molecular formula is C18H21N. The van der Waals surface area contributed by atoms with E-state index in [1.165, 1.54) is 16.7 Å². The molecule has 1 atom stereocenters. The second kappa shape index (κ2) is 6.91. The van der Waals surface area contributed by atoms with Crippen LogP contribution in [0.25, 0.3) is 0 Å². The smallest absolute Gasteiger partial charge is 0.0332 e. The van der Waals surface area contributed by atoms with Crippen LogP contribution in [0.15, 0.2) is 67.3 Å². The normalized spacial score (nSPS) is 12.1. The van der Waals surface area contributed by atoms with Crippen LogP contribution in [-0.4, -0.2) is 0 Å². The second-order valence-electron chi connectivity index (χ2n) is 4.82. The molecule has 1 unspecified atom stereocenters. The van der Waals surface area contributed by atoms with E-state index in [9.17, 15) is 0 Å². The SMILES string of the molecule is C=CCC(N)c1ccccc1CCc1ccccc1. The molecule has 2 N–H and O–H groups in total. The lowest BCUT2D eigenvalue weighted by molar-refractivity contribution is 0.726. The summed E-state index contributed by atoms with van der Waals surface area (Å²) < 4.78 is 0. The number of hydrogen-bond donors (Lipinski definition) is 1. The fourth-order valence-corrected chi connectivity index (χ4v) is 2.35. The van der Waals surface area contributed by atoms with Gasteiger partial charge in [-0.3, -0.25) is 0 Å². The van der Waals surface area contributed by atoms with E-state index in [1.807, 2.05) is 6.08 Å². The molecule has 0 radical (unpaired) electrons. The highest BCUT2D eigenvalue weighted by Gasteiger charge is 2.09. The van der Waals surface area contributed by atoms with Crippen molar-refractivity contribution in [3.63, 3.8) is 0 Å². The molecule has 0 saturated heterocycles. The maximum atomic E-state index is 6.20. The molecule has 0 aliphatic heterocycles. The van der Waals surface area contributed by atoms with Crippen molar-refractivity contribution in [2.24, 2.45) is 5.73 Å². The summed E-state index contributed by atoms with van der Waals surface area (Å²) in [6.45, 7) is 3.77. The van der Waals surface area contributed by atoms with Crippen molar-refractivity contribution in [1.82, 2.24) is 0 Å². The minimum atomic E-state index is 0.0597. The minimum Gasteiger partial charge on any atom is -0.324 e. The lowest BCUT2D eigenvalue weighted by Crippen LogP contribution is -2.12. The summed E-state index contributed by atoms with van der Waals surface area (Å²) in [5, 5.41) is 0. The molecule has 0 amide bonds. The molecule has 0 aliphatic carbocycles. The molecule has 1 heteroatoms. The van der Waals surface area contributed by atoms with Gasteiger partial charge in [-0.25, -0.2) is 0 Å². The number of rotatable bonds is 6. The Balaban J connectivity index is 2.09. The van der Waals surface area contributed by atoms with Crippen molar-refractivity contribution in [3.8, 4) is 0 Å². The van der Waals surface area contributed by atoms with Gasteiger partial charge in [0.25, 0.3) is 0 Å². The number of aryl methyl sites for hydroxylation is 2. The van der Waals surface area contributed by atoms with Crippen molar-refractivity contribution < 1.29 is 0 Å². The van der Waals surface area contributed by atoms with Gasteiger partial charge in [-0.15, -0.1) is 6.58 Å². The van der Waals surface area contributed by atoms with E-state index in [0.717, 1.165) is 19.3 Å². The van der Waals surface area contributed by atoms with Crippen molar-refractivity contribution in [1.29, 1.82) is 0 Å². The Kier molecular flexibility index (Phi) is 4.93. The van der Waals surface area contributed by atoms with Crippen LogP contribution in [0.1, 0.15) is 29.2 Å². The standard InChI is InChI=1S/C18H21N/c1-2-8-18(19)17-12-7-6-11-16(17)14-13-15-9-4-3-5-10-15/h2-7,9-12,18H,1,8,13-14,19H2. The summed E-state index contributed by atoms with van der Waals surface area (Å²) in [6, 6.07) is 19.1. The molecule has 1 nitrogen and oxygen atoms in total. The molecule has 98 valence electrons. The average Bonchev–Trinajstić information content (AvgIpc) is 2.47. The van der Waals surface area contributed by atoms with Crippen LogP contribution in [0.3, 0.4) is 0 Å². The first kappa shape index (κ1) is 13.6. The maximum Gasteiger partial charge on any atom is 0.0332 e. The van der Waals surface area contributed by atoms with Crippen LogP contribution in [0, 0.1) is 0 Å². The van der Waals surface area contributed by atoms with E-state index in [-0.39, 0.29) is 6.04 Å². The monoisotopic (exact) mass is 251 g/mol. The van der Waals surface area contributed by atoms with E-state index < -0.39 is 0 Å². The number of nitrogens with two attached hydrogens (primary N) is 1. The van der Waals surface area contributed by atoms with Crippen molar-refractivity contribution in [2.75, 3.05) is 0 Å². The van der Waals surface area contributed by atoms with Gasteiger partial charge in [0.2, 0.25) is 0 Å². The van der Waals surface area contributed by atoms with Gasteiger partial charge >= 0.3 is 0 Å². The minimum absolute atomic E-state index is 0.0597. The van der Waals surface area contributed by atoms with Gasteiger partial charge in [0, 0.05) is 6.04 Å². The molecule has 2 rings (SSSR count). The molecule has 0 aromatic heterocycles. The molecule has 0 heterocycles. The molecule has 2 aromatic carbocycles. The molecule has 0 aliphatic rings. The molecule has 0 spiro atoms. The van der Waals surface area contributed by atoms with Crippen LogP contribution in [0.4, 0.5) is 0 Å². The lowest BCUT2D eigenvalue weighted by atomic mass is 9.94. The number of benzene rings is 2. The van der Waals surface area contributed by atoms with Gasteiger partial charge in [-0.1, -0.05) is 60.7 Å². The van der Waals surface area contributed by atoms with Gasteiger partial charge in [0.15, 0.2) is 0 Å². The first-order valence-corrected chi connectivity index (χ1v) is 6.79. The van der Waals surface area contributed by atoms with Crippen LogP contribution in [0.5, 0.6) is 0 Å². The van der Waals surface area contributed by atoms with E-state index in [2.05, 4.69) is 61.2 Å². The van der Waals surface area contributed by atoms with Crippen molar-refractivity contribution in [2.45, 2.75) is 25.3 Å². The Morgan fingerprint density at radius 2 is 1.63 bits per heavy atom. The highest BCUT2D eigenvalue weighted by Crippen LogP contribution is 2.20. The Hall–Kier alpha value is -1.86. The molecule has 2 aromatic rings. The average molecular weight is 251 g/mol. The summed E-state index contributed by atoms with van der Waals surface area (Å²) in [5.74, 6) is 0. The highest BCUT2D eigenvalue weighted by molar-refractivity contribution is 5.31. The predicted octanol–water partition coefficient (Wildman–Crippen LogP) is 4.05. The predicted molar refractivity (Wildman–Crippen MR) is 82.0 cm³/mol. The Bertz CT molecular complexity index is 516. The van der Waals surface area contributed by atoms with E-state index >= 15 is 0 Å². The zero-order valence-corrected chi connectivity index (χ0v) is 11.3. The molecular weight excluding hydrogens is 230 g/mol. The van der Waals surface area contributed by atoms with Gasteiger partial charge in [0.05, 0.1) is 0 Å². The van der Waals surface area contributed by atoms with Crippen molar-refractivity contribution >= 4 is 0 Å². The zero-order chi connectivity index (χ0) is 13.5. The fourth-order valence-electron chi connectivity index (χ4n) is 2.35. The van der Waals surface area contributed by atoms with Crippen LogP contribution in [0.2, 0.25) is 0 Å². The first-order valence-electron chi connectivity index (χ1n) is 6.79. The topological polar surface area (TPSA) is 26.0 Å². The molecule has 0 saturated carbocycles. The van der Waals surface area contributed by atoms with E-state index in [1.54, 1.807) is 0 Å². The summed E-state index contributed by atoms with van der Waals surface area (Å²) in [7, 11) is 0. The maximum absolute atomic E-state index is 6.20. The molecule has 0 fully saturated rings. The van der Waals surface area contributed by atoms with Crippen LogP contribution >= 0.6 is 0 Å². The Labute approximate surface area is 115 Å². The third-order valence-electron chi connectivity index (χ3n) is 3.40. The largest absolute Gasteiger partial charge is 0.324 e. The molecule has 0 bridgehead atoms. The first-order chi connectivity index (χ1) is 9.31. The summed E-state index contributed by atoms with van der Waals surface area (Å²) in [5.41, 5.74) is 10.2. The second-order valence-corrected chi connectivity index (χ2v) is 4.82. The van der Waals surface area contributed by atoms with Gasteiger partial charge < -0.3 is 5.73 Å². The third-order valence-corrected chi connectivity index (χ3v) is 3.40. The molecule has 19 heavy (non-hydrogen) atoms. The Morgan fingerprint density at radius 1 is 0.947 bits per heavy atom. The van der Waals surface area contributed by atoms with Gasteiger partial charge in [0.1, 0.15) is 0 Å². The van der Waals surface area contributed by atoms with E-state index in [0.29, 0.717) is 0 Å². The highest BCUT2D eigenvalue weighted by atomic mass is 14.6. The fraction of sp³-hybridized carbons (Fsp3) is 0.222. The summed E-state index contributed by atoms with van der Waals surface area (Å²) >= 11 is 0. The van der Waals surface area contributed by atoms with E-state index in [4.69, 9.17) is 5.73 Å². The summed E-state index contributed by atoms with van der Waals surface area (Å²) in [6.07, 6.45) is 4.80. The third kappa shape index (κ3) is 3.80.